The van der Waals surface area contributed by atoms with Crippen LogP contribution in [0.4, 0.5) is 5.95 Å². The third-order valence-corrected chi connectivity index (χ3v) is 4.57. The number of benzene rings is 1. The van der Waals surface area contributed by atoms with E-state index in [1.54, 1.807) is 12.4 Å². The second-order valence-electron chi connectivity index (χ2n) is 6.15. The van der Waals surface area contributed by atoms with E-state index in [9.17, 15) is 4.79 Å². The van der Waals surface area contributed by atoms with Gasteiger partial charge in [0.05, 0.1) is 12.6 Å². The van der Waals surface area contributed by atoms with Gasteiger partial charge in [-0.1, -0.05) is 23.7 Å². The molecular formula is C18H22ClN5O. The summed E-state index contributed by atoms with van der Waals surface area (Å²) < 4.78 is 0. The Morgan fingerprint density at radius 3 is 2.44 bits per heavy atom. The molecule has 132 valence electrons. The normalized spacial score (nSPS) is 16.5. The first-order chi connectivity index (χ1) is 12.1. The van der Waals surface area contributed by atoms with Gasteiger partial charge in [-0.15, -0.1) is 0 Å². The lowest BCUT2D eigenvalue weighted by Crippen LogP contribution is -2.50. The van der Waals surface area contributed by atoms with Crippen LogP contribution in [0.25, 0.3) is 0 Å². The number of halogens is 1. The molecule has 0 spiro atoms. The smallest absolute Gasteiger partial charge is 0.234 e. The van der Waals surface area contributed by atoms with Gasteiger partial charge in [-0.05, 0) is 30.7 Å². The van der Waals surface area contributed by atoms with Gasteiger partial charge in [-0.3, -0.25) is 9.69 Å². The van der Waals surface area contributed by atoms with Crippen LogP contribution >= 0.6 is 11.6 Å². The minimum absolute atomic E-state index is 0.0341. The molecule has 7 heteroatoms. The van der Waals surface area contributed by atoms with Crippen molar-refractivity contribution in [2.24, 2.45) is 0 Å². The summed E-state index contributed by atoms with van der Waals surface area (Å²) in [5.41, 5.74) is 1.05. The van der Waals surface area contributed by atoms with E-state index in [0.717, 1.165) is 37.7 Å². The molecule has 1 atom stereocenters. The molecule has 1 aromatic carbocycles. The van der Waals surface area contributed by atoms with Crippen molar-refractivity contribution in [3.8, 4) is 0 Å². The quantitative estimate of drug-likeness (QED) is 0.886. The molecule has 1 aliphatic rings. The first kappa shape index (κ1) is 17.6. The minimum Gasteiger partial charge on any atom is -0.348 e. The Balaban J connectivity index is 1.45. The molecular weight excluding hydrogens is 338 g/mol. The van der Waals surface area contributed by atoms with E-state index >= 15 is 0 Å². The maximum Gasteiger partial charge on any atom is 0.234 e. The van der Waals surface area contributed by atoms with Gasteiger partial charge in [-0.2, -0.15) is 0 Å². The first-order valence-electron chi connectivity index (χ1n) is 8.41. The number of hydrogen-bond acceptors (Lipinski definition) is 5. The minimum atomic E-state index is -0.0382. The van der Waals surface area contributed by atoms with Crippen LogP contribution in [0.2, 0.25) is 5.02 Å². The molecule has 25 heavy (non-hydrogen) atoms. The number of carbonyl (C=O) groups is 1. The molecule has 3 rings (SSSR count). The van der Waals surface area contributed by atoms with Crippen molar-refractivity contribution in [1.29, 1.82) is 0 Å². The molecule has 1 saturated heterocycles. The zero-order chi connectivity index (χ0) is 17.6. The lowest BCUT2D eigenvalue weighted by atomic mass is 10.1. The maximum absolute atomic E-state index is 12.3. The number of amides is 1. The fraction of sp³-hybridized carbons (Fsp3) is 0.389. The zero-order valence-corrected chi connectivity index (χ0v) is 15.0. The highest BCUT2D eigenvalue weighted by Crippen LogP contribution is 2.16. The molecule has 0 radical (unpaired) electrons. The van der Waals surface area contributed by atoms with E-state index in [1.807, 2.05) is 37.3 Å². The summed E-state index contributed by atoms with van der Waals surface area (Å²) in [6, 6.07) is 9.32. The van der Waals surface area contributed by atoms with Gasteiger partial charge in [0.2, 0.25) is 11.9 Å². The van der Waals surface area contributed by atoms with Gasteiger partial charge in [0.25, 0.3) is 0 Å². The van der Waals surface area contributed by atoms with Crippen LogP contribution in [0.5, 0.6) is 0 Å². The van der Waals surface area contributed by atoms with Crippen molar-refractivity contribution in [3.05, 3.63) is 53.3 Å². The molecule has 1 fully saturated rings. The highest BCUT2D eigenvalue weighted by atomic mass is 35.5. The molecule has 0 saturated carbocycles. The fourth-order valence-corrected chi connectivity index (χ4v) is 3.01. The summed E-state index contributed by atoms with van der Waals surface area (Å²) in [6.07, 6.45) is 3.50. The van der Waals surface area contributed by atoms with Crippen molar-refractivity contribution in [1.82, 2.24) is 20.2 Å². The monoisotopic (exact) mass is 359 g/mol. The molecule has 1 unspecified atom stereocenters. The van der Waals surface area contributed by atoms with E-state index in [2.05, 4.69) is 25.1 Å². The van der Waals surface area contributed by atoms with Gasteiger partial charge in [0.15, 0.2) is 0 Å². The van der Waals surface area contributed by atoms with E-state index in [4.69, 9.17) is 11.6 Å². The number of nitrogens with one attached hydrogen (secondary N) is 1. The van der Waals surface area contributed by atoms with Crippen molar-refractivity contribution < 1.29 is 4.79 Å². The topological polar surface area (TPSA) is 61.4 Å². The van der Waals surface area contributed by atoms with Crippen LogP contribution in [0.1, 0.15) is 18.5 Å². The Labute approximate surface area is 152 Å². The Morgan fingerprint density at radius 1 is 1.16 bits per heavy atom. The molecule has 6 nitrogen and oxygen atoms in total. The average Bonchev–Trinajstić information content (AvgIpc) is 2.63. The van der Waals surface area contributed by atoms with Crippen LogP contribution in [0, 0.1) is 0 Å². The molecule has 1 aromatic heterocycles. The second-order valence-corrected chi connectivity index (χ2v) is 6.59. The van der Waals surface area contributed by atoms with Crippen LogP contribution < -0.4 is 10.2 Å². The largest absolute Gasteiger partial charge is 0.348 e. The third-order valence-electron chi connectivity index (χ3n) is 4.32. The van der Waals surface area contributed by atoms with Gasteiger partial charge in [-0.25, -0.2) is 9.97 Å². The summed E-state index contributed by atoms with van der Waals surface area (Å²) in [5, 5.41) is 3.74. The predicted molar refractivity (Wildman–Crippen MR) is 98.7 cm³/mol. The average molecular weight is 360 g/mol. The SMILES string of the molecule is CC(NC(=O)CN1CCN(c2ncccn2)CC1)c1ccc(Cl)cc1. The Bertz CT molecular complexity index is 686. The molecule has 1 aliphatic heterocycles. The Kier molecular flexibility index (Phi) is 5.83. The Hall–Kier alpha value is -2.18. The number of aromatic nitrogens is 2. The van der Waals surface area contributed by atoms with E-state index in [-0.39, 0.29) is 11.9 Å². The second kappa shape index (κ2) is 8.27. The summed E-state index contributed by atoms with van der Waals surface area (Å²) >= 11 is 5.90. The number of piperazine rings is 1. The number of hydrogen-bond donors (Lipinski definition) is 1. The molecule has 0 bridgehead atoms. The molecule has 2 heterocycles. The third kappa shape index (κ3) is 4.90. The lowest BCUT2D eigenvalue weighted by Gasteiger charge is -2.34. The summed E-state index contributed by atoms with van der Waals surface area (Å²) in [4.78, 5) is 25.1. The van der Waals surface area contributed by atoms with Crippen LogP contribution in [-0.2, 0) is 4.79 Å². The van der Waals surface area contributed by atoms with E-state index in [1.165, 1.54) is 0 Å². The molecule has 2 aromatic rings. The highest BCUT2D eigenvalue weighted by molar-refractivity contribution is 6.30. The van der Waals surface area contributed by atoms with Crippen LogP contribution in [0.15, 0.2) is 42.7 Å². The number of nitrogens with zero attached hydrogens (tertiary/aromatic N) is 4. The van der Waals surface area contributed by atoms with Gasteiger partial charge in [0.1, 0.15) is 0 Å². The van der Waals surface area contributed by atoms with Crippen molar-refractivity contribution in [2.75, 3.05) is 37.6 Å². The zero-order valence-electron chi connectivity index (χ0n) is 14.2. The summed E-state index contributed by atoms with van der Waals surface area (Å²) in [6.45, 7) is 5.67. The Morgan fingerprint density at radius 2 is 1.80 bits per heavy atom. The van der Waals surface area contributed by atoms with Crippen molar-refractivity contribution in [3.63, 3.8) is 0 Å². The number of carbonyl (C=O) groups excluding carboxylic acids is 1. The van der Waals surface area contributed by atoms with Gasteiger partial charge in [0, 0.05) is 43.6 Å². The number of rotatable bonds is 5. The summed E-state index contributed by atoms with van der Waals surface area (Å²) in [5.74, 6) is 0.787. The van der Waals surface area contributed by atoms with Crippen molar-refractivity contribution in [2.45, 2.75) is 13.0 Å². The standard InChI is InChI=1S/C18H22ClN5O/c1-14(15-3-5-16(19)6-4-15)22-17(25)13-23-9-11-24(12-10-23)18-20-7-2-8-21-18/h2-8,14H,9-13H2,1H3,(H,22,25). The highest BCUT2D eigenvalue weighted by Gasteiger charge is 2.21. The maximum atomic E-state index is 12.3. The number of anilines is 1. The van der Waals surface area contributed by atoms with Crippen molar-refractivity contribution >= 4 is 23.5 Å². The van der Waals surface area contributed by atoms with Gasteiger partial charge < -0.3 is 10.2 Å². The first-order valence-corrected chi connectivity index (χ1v) is 8.79. The molecule has 0 aliphatic carbocycles. The predicted octanol–water partition coefficient (Wildman–Crippen LogP) is 2.13. The summed E-state index contributed by atoms with van der Waals surface area (Å²) in [7, 11) is 0. The van der Waals surface area contributed by atoms with Crippen LogP contribution in [0.3, 0.4) is 0 Å². The fourth-order valence-electron chi connectivity index (χ4n) is 2.89. The molecule has 1 N–H and O–H groups in total. The van der Waals surface area contributed by atoms with E-state index < -0.39 is 0 Å². The molecule has 1 amide bonds. The lowest BCUT2D eigenvalue weighted by molar-refractivity contribution is -0.123. The van der Waals surface area contributed by atoms with Gasteiger partial charge >= 0.3 is 0 Å². The van der Waals surface area contributed by atoms with Crippen LogP contribution in [-0.4, -0.2) is 53.5 Å². The van der Waals surface area contributed by atoms with E-state index in [0.29, 0.717) is 11.6 Å².